The summed E-state index contributed by atoms with van der Waals surface area (Å²) in [4.78, 5) is 41.8. The summed E-state index contributed by atoms with van der Waals surface area (Å²) in [7, 11) is 0. The molecular weight excluding hydrogens is 298 g/mol. The summed E-state index contributed by atoms with van der Waals surface area (Å²) >= 11 is 0. The molecule has 1 aromatic heterocycles. The van der Waals surface area contributed by atoms with Gasteiger partial charge < -0.3 is 4.84 Å². The number of aryl methyl sites for hydroxylation is 1. The number of aromatic amines is 1. The molecular formula is C16H13N3O4. The Morgan fingerprint density at radius 3 is 2.43 bits per heavy atom. The Bertz CT molecular complexity index is 805. The Kier molecular flexibility index (Phi) is 3.00. The maximum atomic E-state index is 12.3. The van der Waals surface area contributed by atoms with E-state index in [1.807, 2.05) is 0 Å². The fraction of sp³-hybridized carbons (Fsp3) is 0.250. The first-order chi connectivity index (χ1) is 11.2. The van der Waals surface area contributed by atoms with Crippen molar-refractivity contribution in [3.8, 4) is 0 Å². The van der Waals surface area contributed by atoms with E-state index in [0.717, 1.165) is 36.9 Å². The first-order valence-corrected chi connectivity index (χ1v) is 7.43. The van der Waals surface area contributed by atoms with Crippen LogP contribution in [0.1, 0.15) is 55.3 Å². The van der Waals surface area contributed by atoms with Crippen LogP contribution < -0.4 is 0 Å². The van der Waals surface area contributed by atoms with Crippen molar-refractivity contribution in [2.24, 2.45) is 0 Å². The first kappa shape index (κ1) is 13.7. The summed E-state index contributed by atoms with van der Waals surface area (Å²) in [5, 5.41) is 7.33. The van der Waals surface area contributed by atoms with Crippen molar-refractivity contribution in [3.05, 3.63) is 52.3 Å². The van der Waals surface area contributed by atoms with Crippen molar-refractivity contribution < 1.29 is 19.2 Å². The van der Waals surface area contributed by atoms with Gasteiger partial charge in [-0.15, -0.1) is 0 Å². The molecule has 0 saturated heterocycles. The number of amides is 2. The molecule has 0 bridgehead atoms. The number of imide groups is 1. The molecule has 0 radical (unpaired) electrons. The normalized spacial score (nSPS) is 16.3. The van der Waals surface area contributed by atoms with Crippen LogP contribution in [0, 0.1) is 0 Å². The largest absolute Gasteiger partial charge is 0.384 e. The molecule has 0 fully saturated rings. The molecule has 1 aromatic carbocycles. The highest BCUT2D eigenvalue weighted by Gasteiger charge is 2.39. The fourth-order valence-corrected chi connectivity index (χ4v) is 3.03. The monoisotopic (exact) mass is 311 g/mol. The zero-order valence-corrected chi connectivity index (χ0v) is 12.2. The molecule has 2 amide bonds. The first-order valence-electron chi connectivity index (χ1n) is 7.43. The molecule has 23 heavy (non-hydrogen) atoms. The van der Waals surface area contributed by atoms with Gasteiger partial charge in [0.1, 0.15) is 0 Å². The van der Waals surface area contributed by atoms with Gasteiger partial charge in [0.25, 0.3) is 11.8 Å². The summed E-state index contributed by atoms with van der Waals surface area (Å²) in [5.41, 5.74) is 2.35. The lowest BCUT2D eigenvalue weighted by Crippen LogP contribution is -2.33. The van der Waals surface area contributed by atoms with E-state index in [1.54, 1.807) is 12.1 Å². The van der Waals surface area contributed by atoms with Crippen LogP contribution in [0.5, 0.6) is 0 Å². The van der Waals surface area contributed by atoms with Crippen molar-refractivity contribution in [1.29, 1.82) is 0 Å². The van der Waals surface area contributed by atoms with E-state index in [9.17, 15) is 14.4 Å². The molecule has 2 heterocycles. The predicted molar refractivity (Wildman–Crippen MR) is 77.6 cm³/mol. The van der Waals surface area contributed by atoms with E-state index in [-0.39, 0.29) is 16.8 Å². The van der Waals surface area contributed by atoms with Gasteiger partial charge in [-0.1, -0.05) is 17.2 Å². The van der Waals surface area contributed by atoms with Crippen molar-refractivity contribution in [2.45, 2.75) is 25.7 Å². The molecule has 1 aliphatic carbocycles. The Morgan fingerprint density at radius 2 is 1.74 bits per heavy atom. The van der Waals surface area contributed by atoms with Gasteiger partial charge in [-0.05, 0) is 37.8 Å². The van der Waals surface area contributed by atoms with Crippen LogP contribution in [0.2, 0.25) is 0 Å². The Hall–Kier alpha value is -2.96. The number of rotatable bonds is 2. The van der Waals surface area contributed by atoms with Crippen LogP contribution in [0.4, 0.5) is 0 Å². The van der Waals surface area contributed by atoms with Gasteiger partial charge in [-0.2, -0.15) is 5.10 Å². The maximum Gasteiger partial charge on any atom is 0.384 e. The molecule has 7 nitrogen and oxygen atoms in total. The molecule has 1 N–H and O–H groups in total. The van der Waals surface area contributed by atoms with Crippen LogP contribution in [0.25, 0.3) is 0 Å². The number of benzene rings is 1. The number of hydrogen-bond acceptors (Lipinski definition) is 5. The second-order valence-electron chi connectivity index (χ2n) is 5.57. The van der Waals surface area contributed by atoms with Gasteiger partial charge in [0, 0.05) is 11.3 Å². The Morgan fingerprint density at radius 1 is 1.09 bits per heavy atom. The summed E-state index contributed by atoms with van der Waals surface area (Å²) < 4.78 is 0. The van der Waals surface area contributed by atoms with Gasteiger partial charge in [0.2, 0.25) is 0 Å². The van der Waals surface area contributed by atoms with E-state index in [1.165, 1.54) is 12.1 Å². The van der Waals surface area contributed by atoms with E-state index in [0.29, 0.717) is 5.06 Å². The third kappa shape index (κ3) is 2.04. The van der Waals surface area contributed by atoms with Gasteiger partial charge in [0.15, 0.2) is 5.69 Å². The number of H-pyrrole nitrogens is 1. The Balaban J connectivity index is 1.60. The van der Waals surface area contributed by atoms with Crippen LogP contribution in [-0.4, -0.2) is 33.0 Å². The molecule has 2 aromatic rings. The topological polar surface area (TPSA) is 92.4 Å². The molecule has 1 aliphatic heterocycles. The highest BCUT2D eigenvalue weighted by Crippen LogP contribution is 2.26. The SMILES string of the molecule is O=C(ON1C(=O)c2ccccc2C1=O)c1n[nH]c2c1CCCC2. The second kappa shape index (κ2) is 5.05. The number of carbonyl (C=O) groups excluding carboxylic acids is 3. The van der Waals surface area contributed by atoms with Crippen LogP contribution >= 0.6 is 0 Å². The van der Waals surface area contributed by atoms with E-state index < -0.39 is 17.8 Å². The van der Waals surface area contributed by atoms with Crippen molar-refractivity contribution >= 4 is 17.8 Å². The van der Waals surface area contributed by atoms with Gasteiger partial charge in [0.05, 0.1) is 11.1 Å². The molecule has 4 rings (SSSR count). The van der Waals surface area contributed by atoms with E-state index in [2.05, 4.69) is 10.2 Å². The number of hydrogen-bond donors (Lipinski definition) is 1. The smallest absolute Gasteiger partial charge is 0.322 e. The van der Waals surface area contributed by atoms with Crippen molar-refractivity contribution in [2.75, 3.05) is 0 Å². The standard InChI is InChI=1S/C16H13N3O4/c20-14-9-5-1-2-6-10(9)15(21)19(14)23-16(22)13-11-7-3-4-8-12(11)17-18-13/h1-2,5-6H,3-4,7-8H2,(H,17,18). The fourth-order valence-electron chi connectivity index (χ4n) is 3.03. The minimum atomic E-state index is -0.793. The number of carbonyl (C=O) groups is 3. The molecule has 116 valence electrons. The zero-order chi connectivity index (χ0) is 16.0. The molecule has 0 atom stereocenters. The van der Waals surface area contributed by atoms with E-state index >= 15 is 0 Å². The quantitative estimate of drug-likeness (QED) is 0.851. The van der Waals surface area contributed by atoms with Crippen molar-refractivity contribution in [3.63, 3.8) is 0 Å². The summed E-state index contributed by atoms with van der Waals surface area (Å²) in [5.74, 6) is -2.06. The number of hydroxylamine groups is 2. The highest BCUT2D eigenvalue weighted by molar-refractivity contribution is 6.21. The lowest BCUT2D eigenvalue weighted by atomic mass is 9.96. The van der Waals surface area contributed by atoms with Crippen LogP contribution in [0.15, 0.2) is 24.3 Å². The van der Waals surface area contributed by atoms with Gasteiger partial charge in [-0.25, -0.2) is 4.79 Å². The lowest BCUT2D eigenvalue weighted by Gasteiger charge is -2.13. The minimum absolute atomic E-state index is 0.149. The third-order valence-electron chi connectivity index (χ3n) is 4.18. The molecule has 7 heteroatoms. The predicted octanol–water partition coefficient (Wildman–Crippen LogP) is 1.66. The summed E-state index contributed by atoms with van der Waals surface area (Å²) in [6.45, 7) is 0. The van der Waals surface area contributed by atoms with Crippen molar-refractivity contribution in [1.82, 2.24) is 15.3 Å². The number of nitrogens with one attached hydrogen (secondary N) is 1. The average molecular weight is 311 g/mol. The number of aromatic nitrogens is 2. The average Bonchev–Trinajstić information content (AvgIpc) is 3.11. The number of fused-ring (bicyclic) bond motifs is 2. The molecule has 0 saturated carbocycles. The maximum absolute atomic E-state index is 12.3. The Labute approximate surface area is 131 Å². The second-order valence-corrected chi connectivity index (χ2v) is 5.57. The third-order valence-corrected chi connectivity index (χ3v) is 4.18. The molecule has 0 spiro atoms. The molecule has 0 unspecified atom stereocenters. The van der Waals surface area contributed by atoms with Crippen LogP contribution in [-0.2, 0) is 17.7 Å². The summed E-state index contributed by atoms with van der Waals surface area (Å²) in [6, 6.07) is 6.36. The number of nitrogens with zero attached hydrogens (tertiary/aromatic N) is 2. The van der Waals surface area contributed by atoms with Gasteiger partial charge >= 0.3 is 5.97 Å². The summed E-state index contributed by atoms with van der Waals surface area (Å²) in [6.07, 6.45) is 3.59. The minimum Gasteiger partial charge on any atom is -0.322 e. The zero-order valence-electron chi connectivity index (χ0n) is 12.2. The van der Waals surface area contributed by atoms with Gasteiger partial charge in [-0.3, -0.25) is 14.7 Å². The van der Waals surface area contributed by atoms with Crippen LogP contribution in [0.3, 0.4) is 0 Å². The highest BCUT2D eigenvalue weighted by atomic mass is 16.7. The lowest BCUT2D eigenvalue weighted by molar-refractivity contribution is -0.0589. The van der Waals surface area contributed by atoms with E-state index in [4.69, 9.17) is 4.84 Å². The molecule has 2 aliphatic rings.